The molecule has 3 rings (SSSR count). The van der Waals surface area contributed by atoms with Gasteiger partial charge in [0, 0.05) is 29.1 Å². The van der Waals surface area contributed by atoms with Crippen molar-refractivity contribution >= 4 is 22.9 Å². The van der Waals surface area contributed by atoms with Gasteiger partial charge in [-0.2, -0.15) is 0 Å². The van der Waals surface area contributed by atoms with Crippen LogP contribution in [-0.2, 0) is 12.5 Å². The summed E-state index contributed by atoms with van der Waals surface area (Å²) in [5.41, 5.74) is 3.00. The molecule has 5 heteroatoms. The number of benzene rings is 1. The predicted molar refractivity (Wildman–Crippen MR) is 85.7 cm³/mol. The van der Waals surface area contributed by atoms with E-state index in [0.717, 1.165) is 21.8 Å². The summed E-state index contributed by atoms with van der Waals surface area (Å²) in [4.78, 5) is 8.77. The van der Waals surface area contributed by atoms with Crippen molar-refractivity contribution in [2.24, 2.45) is 0 Å². The highest BCUT2D eigenvalue weighted by Crippen LogP contribution is 2.23. The van der Waals surface area contributed by atoms with Crippen LogP contribution in [-0.4, -0.2) is 9.97 Å². The molecule has 0 amide bonds. The van der Waals surface area contributed by atoms with Crippen molar-refractivity contribution in [1.82, 2.24) is 9.97 Å². The van der Waals surface area contributed by atoms with Crippen LogP contribution in [0.1, 0.15) is 11.3 Å². The van der Waals surface area contributed by atoms with E-state index in [9.17, 15) is 0 Å². The number of nitrogens with zero attached hydrogens (tertiary/aromatic N) is 2. The lowest BCUT2D eigenvalue weighted by molar-refractivity contribution is 0.290. The number of pyridine rings is 1. The minimum absolute atomic E-state index is 0.413. The van der Waals surface area contributed by atoms with E-state index in [-0.39, 0.29) is 0 Å². The van der Waals surface area contributed by atoms with Crippen LogP contribution in [0.2, 0.25) is 0 Å². The number of thiazole rings is 1. The summed E-state index contributed by atoms with van der Waals surface area (Å²) >= 11 is 7.34. The lowest BCUT2D eigenvalue weighted by Crippen LogP contribution is -1.97. The molecule has 106 valence electrons. The largest absolute Gasteiger partial charge is 0.471 e. The van der Waals surface area contributed by atoms with Gasteiger partial charge >= 0.3 is 0 Å². The van der Waals surface area contributed by atoms with E-state index in [4.69, 9.17) is 16.3 Å². The molecule has 0 aliphatic carbocycles. The van der Waals surface area contributed by atoms with Gasteiger partial charge in [-0.1, -0.05) is 36.4 Å². The van der Waals surface area contributed by atoms with E-state index < -0.39 is 0 Å². The first-order chi connectivity index (χ1) is 10.3. The number of aromatic nitrogens is 2. The maximum Gasteiger partial charge on any atom is 0.213 e. The maximum atomic E-state index is 5.72. The second-order valence-corrected chi connectivity index (χ2v) is 5.56. The second-order valence-electron chi connectivity index (χ2n) is 4.44. The van der Waals surface area contributed by atoms with Crippen molar-refractivity contribution in [2.45, 2.75) is 12.5 Å². The number of halogens is 1. The Morgan fingerprint density at radius 1 is 1.10 bits per heavy atom. The van der Waals surface area contributed by atoms with Crippen molar-refractivity contribution in [3.8, 4) is 16.5 Å². The average molecular weight is 317 g/mol. The lowest BCUT2D eigenvalue weighted by atomic mass is 10.2. The summed E-state index contributed by atoms with van der Waals surface area (Å²) < 4.78 is 5.63. The number of ether oxygens (including phenoxy) is 1. The van der Waals surface area contributed by atoms with E-state index in [1.54, 1.807) is 17.5 Å². The highest BCUT2D eigenvalue weighted by atomic mass is 35.5. The number of hydrogen-bond acceptors (Lipinski definition) is 4. The highest BCUT2D eigenvalue weighted by molar-refractivity contribution is 7.13. The van der Waals surface area contributed by atoms with Crippen LogP contribution in [0.3, 0.4) is 0 Å². The molecule has 0 saturated carbocycles. The molecule has 3 nitrogen and oxygen atoms in total. The monoisotopic (exact) mass is 316 g/mol. The maximum absolute atomic E-state index is 5.72. The summed E-state index contributed by atoms with van der Waals surface area (Å²) in [6, 6.07) is 13.8. The van der Waals surface area contributed by atoms with E-state index in [2.05, 4.69) is 22.1 Å². The summed E-state index contributed by atoms with van der Waals surface area (Å²) in [6.45, 7) is 0.413. The van der Waals surface area contributed by atoms with E-state index in [1.165, 1.54) is 0 Å². The molecule has 0 fully saturated rings. The van der Waals surface area contributed by atoms with E-state index in [1.807, 2.05) is 35.7 Å². The first-order valence-corrected chi connectivity index (χ1v) is 7.90. The summed E-state index contributed by atoms with van der Waals surface area (Å²) in [6.07, 6.45) is 1.72. The average Bonchev–Trinajstić information content (AvgIpc) is 3.03. The Morgan fingerprint density at radius 3 is 2.67 bits per heavy atom. The molecule has 2 heterocycles. The van der Waals surface area contributed by atoms with Crippen molar-refractivity contribution < 1.29 is 4.74 Å². The van der Waals surface area contributed by atoms with Crippen molar-refractivity contribution in [3.05, 3.63) is 65.3 Å². The molecule has 0 saturated heterocycles. The Kier molecular flexibility index (Phi) is 4.48. The molecule has 3 aromatic rings. The topological polar surface area (TPSA) is 35.0 Å². The van der Waals surface area contributed by atoms with Crippen molar-refractivity contribution in [2.75, 3.05) is 0 Å². The van der Waals surface area contributed by atoms with Gasteiger partial charge in [0.15, 0.2) is 0 Å². The second kappa shape index (κ2) is 6.70. The van der Waals surface area contributed by atoms with Gasteiger partial charge in [-0.05, 0) is 5.56 Å². The third-order valence-corrected chi connectivity index (χ3v) is 4.14. The zero-order valence-electron chi connectivity index (χ0n) is 11.2. The van der Waals surface area contributed by atoms with Crippen LogP contribution < -0.4 is 4.74 Å². The Hall–Kier alpha value is -1.91. The molecule has 21 heavy (non-hydrogen) atoms. The van der Waals surface area contributed by atoms with Gasteiger partial charge in [-0.25, -0.2) is 9.97 Å². The van der Waals surface area contributed by atoms with Crippen molar-refractivity contribution in [3.63, 3.8) is 0 Å². The Morgan fingerprint density at radius 2 is 1.95 bits per heavy atom. The number of rotatable bonds is 5. The molecular weight excluding hydrogens is 304 g/mol. The molecule has 1 aromatic carbocycles. The van der Waals surface area contributed by atoms with Crippen molar-refractivity contribution in [1.29, 1.82) is 0 Å². The van der Waals surface area contributed by atoms with Crippen LogP contribution in [0.5, 0.6) is 5.88 Å². The SMILES string of the molecule is ClCc1ccc(OCc2csc(-c3ccccc3)n2)nc1. The smallest absolute Gasteiger partial charge is 0.213 e. The summed E-state index contributed by atoms with van der Waals surface area (Å²) in [7, 11) is 0. The fourth-order valence-corrected chi connectivity index (χ4v) is 2.78. The van der Waals surface area contributed by atoms with Gasteiger partial charge < -0.3 is 4.74 Å². The van der Waals surface area contributed by atoms with Gasteiger partial charge in [0.1, 0.15) is 11.6 Å². The number of alkyl halides is 1. The molecule has 0 atom stereocenters. The molecule has 0 aliphatic rings. The molecule has 2 aromatic heterocycles. The summed E-state index contributed by atoms with van der Waals surface area (Å²) in [5, 5.41) is 3.01. The Bertz CT molecular complexity index is 698. The Labute approximate surface area is 132 Å². The molecule has 0 radical (unpaired) electrons. The molecule has 0 bridgehead atoms. The van der Waals surface area contributed by atoms with Crippen LogP contribution in [0.4, 0.5) is 0 Å². The fourth-order valence-electron chi connectivity index (χ4n) is 1.81. The molecule has 0 aliphatic heterocycles. The van der Waals surface area contributed by atoms with E-state index in [0.29, 0.717) is 18.4 Å². The fraction of sp³-hybridized carbons (Fsp3) is 0.125. The van der Waals surface area contributed by atoms with Gasteiger partial charge in [-0.15, -0.1) is 22.9 Å². The molecule has 0 unspecified atom stereocenters. The standard InChI is InChI=1S/C16H13ClN2OS/c17-8-12-6-7-15(18-9-12)20-10-14-11-21-16(19-14)13-4-2-1-3-5-13/h1-7,9,11H,8,10H2. The van der Waals surface area contributed by atoms with Crippen LogP contribution in [0.15, 0.2) is 54.0 Å². The molecule has 0 spiro atoms. The quantitative estimate of drug-likeness (QED) is 0.649. The van der Waals surface area contributed by atoms with Crippen LogP contribution >= 0.6 is 22.9 Å². The van der Waals surface area contributed by atoms with Gasteiger partial charge in [0.05, 0.1) is 5.69 Å². The third kappa shape index (κ3) is 3.60. The zero-order chi connectivity index (χ0) is 14.5. The minimum atomic E-state index is 0.413. The first-order valence-electron chi connectivity index (χ1n) is 6.48. The number of hydrogen-bond donors (Lipinski definition) is 0. The molecular formula is C16H13ClN2OS. The third-order valence-electron chi connectivity index (χ3n) is 2.89. The lowest BCUT2D eigenvalue weighted by Gasteiger charge is -2.03. The normalized spacial score (nSPS) is 10.5. The van der Waals surface area contributed by atoms with Gasteiger partial charge in [0.25, 0.3) is 0 Å². The summed E-state index contributed by atoms with van der Waals surface area (Å²) in [5.74, 6) is 1.04. The van der Waals surface area contributed by atoms with Crippen LogP contribution in [0.25, 0.3) is 10.6 Å². The first kappa shape index (κ1) is 14.0. The van der Waals surface area contributed by atoms with Gasteiger partial charge in [-0.3, -0.25) is 0 Å². The van der Waals surface area contributed by atoms with E-state index >= 15 is 0 Å². The predicted octanol–water partition coefficient (Wildman–Crippen LogP) is 4.52. The zero-order valence-corrected chi connectivity index (χ0v) is 12.8. The van der Waals surface area contributed by atoms with Crippen LogP contribution in [0, 0.1) is 0 Å². The highest BCUT2D eigenvalue weighted by Gasteiger charge is 2.05. The van der Waals surface area contributed by atoms with Gasteiger partial charge in [0.2, 0.25) is 5.88 Å². The minimum Gasteiger partial charge on any atom is -0.471 e. The Balaban J connectivity index is 1.64. The molecule has 0 N–H and O–H groups in total.